The number of hydrogen-bond donors (Lipinski definition) is 1. The third-order valence-electron chi connectivity index (χ3n) is 2.60. The van der Waals surface area contributed by atoms with Gasteiger partial charge in [-0.3, -0.25) is 4.98 Å². The Bertz CT molecular complexity index is 482. The van der Waals surface area contributed by atoms with Crippen molar-refractivity contribution in [2.45, 2.75) is 39.4 Å². The first-order chi connectivity index (χ1) is 8.53. The maximum absolute atomic E-state index is 4.40. The molecule has 4 heteroatoms. The minimum Gasteiger partial charge on any atom is -0.333 e. The lowest BCUT2D eigenvalue weighted by Gasteiger charge is -2.19. The number of aromatic nitrogens is 3. The summed E-state index contributed by atoms with van der Waals surface area (Å²) in [5.74, 6) is 0. The van der Waals surface area contributed by atoms with Crippen LogP contribution in [0.1, 0.15) is 32.0 Å². The molecule has 0 unspecified atom stereocenters. The number of pyridine rings is 1. The fourth-order valence-electron chi connectivity index (χ4n) is 1.64. The number of hydrogen-bond acceptors (Lipinski definition) is 3. The topological polar surface area (TPSA) is 42.7 Å². The predicted molar refractivity (Wildman–Crippen MR) is 72.2 cm³/mol. The molecule has 0 bridgehead atoms. The third kappa shape index (κ3) is 3.96. The van der Waals surface area contributed by atoms with Gasteiger partial charge in [0.15, 0.2) is 0 Å². The molecule has 0 aliphatic carbocycles. The van der Waals surface area contributed by atoms with Gasteiger partial charge in [0.1, 0.15) is 0 Å². The lowest BCUT2D eigenvalue weighted by molar-refractivity contribution is 0.421. The Morgan fingerprint density at radius 3 is 2.61 bits per heavy atom. The van der Waals surface area contributed by atoms with Crippen LogP contribution in [0.25, 0.3) is 0 Å². The van der Waals surface area contributed by atoms with Gasteiger partial charge in [0.2, 0.25) is 0 Å². The van der Waals surface area contributed by atoms with E-state index in [1.54, 1.807) is 0 Å². The van der Waals surface area contributed by atoms with Crippen molar-refractivity contribution in [1.82, 2.24) is 19.9 Å². The Labute approximate surface area is 108 Å². The summed E-state index contributed by atoms with van der Waals surface area (Å²) in [6, 6.07) is 4.04. The van der Waals surface area contributed by atoms with Gasteiger partial charge in [0, 0.05) is 37.2 Å². The SMILES string of the molecule is CC(C)(C)NCc1cn(Cc2ccncc2)cn1. The number of nitrogens with one attached hydrogen (secondary N) is 1. The van der Waals surface area contributed by atoms with E-state index in [1.807, 2.05) is 30.9 Å². The standard InChI is InChI=1S/C14H20N4/c1-14(2,3)17-8-13-10-18(11-16-13)9-12-4-6-15-7-5-12/h4-7,10-11,17H,8-9H2,1-3H3. The molecule has 2 aromatic rings. The van der Waals surface area contributed by atoms with Crippen LogP contribution >= 0.6 is 0 Å². The fraction of sp³-hybridized carbons (Fsp3) is 0.429. The minimum atomic E-state index is 0.120. The van der Waals surface area contributed by atoms with Crippen LogP contribution in [-0.4, -0.2) is 20.1 Å². The second-order valence-electron chi connectivity index (χ2n) is 5.50. The van der Waals surface area contributed by atoms with Crippen molar-refractivity contribution < 1.29 is 0 Å². The van der Waals surface area contributed by atoms with Crippen molar-refractivity contribution in [2.75, 3.05) is 0 Å². The second kappa shape index (κ2) is 5.31. The molecule has 2 heterocycles. The van der Waals surface area contributed by atoms with Gasteiger partial charge in [-0.1, -0.05) is 0 Å². The Morgan fingerprint density at radius 1 is 1.22 bits per heavy atom. The van der Waals surface area contributed by atoms with Crippen LogP contribution in [0, 0.1) is 0 Å². The lowest BCUT2D eigenvalue weighted by atomic mass is 10.1. The third-order valence-corrected chi connectivity index (χ3v) is 2.60. The van der Waals surface area contributed by atoms with Crippen molar-refractivity contribution in [3.8, 4) is 0 Å². The average Bonchev–Trinajstić information content (AvgIpc) is 2.75. The maximum Gasteiger partial charge on any atom is 0.0953 e. The van der Waals surface area contributed by atoms with Crippen LogP contribution in [0.4, 0.5) is 0 Å². The monoisotopic (exact) mass is 244 g/mol. The highest BCUT2D eigenvalue weighted by molar-refractivity contribution is 5.11. The van der Waals surface area contributed by atoms with Crippen LogP contribution in [-0.2, 0) is 13.1 Å². The summed E-state index contributed by atoms with van der Waals surface area (Å²) in [4.78, 5) is 8.41. The highest BCUT2D eigenvalue weighted by Crippen LogP contribution is 2.05. The van der Waals surface area contributed by atoms with Gasteiger partial charge in [0.25, 0.3) is 0 Å². The Balaban J connectivity index is 1.94. The van der Waals surface area contributed by atoms with Crippen molar-refractivity contribution in [2.24, 2.45) is 0 Å². The average molecular weight is 244 g/mol. The molecule has 0 radical (unpaired) electrons. The van der Waals surface area contributed by atoms with Gasteiger partial charge in [-0.25, -0.2) is 4.98 Å². The normalized spacial score (nSPS) is 11.7. The van der Waals surface area contributed by atoms with Crippen LogP contribution in [0.15, 0.2) is 37.1 Å². The van der Waals surface area contributed by atoms with Crippen molar-refractivity contribution in [3.05, 3.63) is 48.3 Å². The van der Waals surface area contributed by atoms with Crippen LogP contribution in [0.5, 0.6) is 0 Å². The molecule has 0 saturated heterocycles. The van der Waals surface area contributed by atoms with Crippen LogP contribution in [0.3, 0.4) is 0 Å². The van der Waals surface area contributed by atoms with E-state index in [0.717, 1.165) is 18.8 Å². The van der Waals surface area contributed by atoms with Gasteiger partial charge in [-0.15, -0.1) is 0 Å². The molecule has 0 saturated carbocycles. The van der Waals surface area contributed by atoms with Crippen molar-refractivity contribution in [1.29, 1.82) is 0 Å². The highest BCUT2D eigenvalue weighted by Gasteiger charge is 2.09. The molecule has 0 fully saturated rings. The molecular formula is C14H20N4. The van der Waals surface area contributed by atoms with E-state index in [1.165, 1.54) is 5.56 Å². The van der Waals surface area contributed by atoms with Crippen molar-refractivity contribution in [3.63, 3.8) is 0 Å². The molecule has 2 aromatic heterocycles. The molecule has 0 aromatic carbocycles. The first-order valence-electron chi connectivity index (χ1n) is 6.17. The van der Waals surface area contributed by atoms with Crippen LogP contribution in [0.2, 0.25) is 0 Å². The van der Waals surface area contributed by atoms with E-state index < -0.39 is 0 Å². The van der Waals surface area contributed by atoms with E-state index in [-0.39, 0.29) is 5.54 Å². The van der Waals surface area contributed by atoms with Crippen LogP contribution < -0.4 is 5.32 Å². The summed E-state index contributed by atoms with van der Waals surface area (Å²) in [6.07, 6.45) is 7.59. The van der Waals surface area contributed by atoms with E-state index >= 15 is 0 Å². The molecule has 0 aliphatic rings. The Kier molecular flexibility index (Phi) is 3.77. The predicted octanol–water partition coefficient (Wildman–Crippen LogP) is 2.21. The number of nitrogens with zero attached hydrogens (tertiary/aromatic N) is 3. The van der Waals surface area contributed by atoms with E-state index in [4.69, 9.17) is 0 Å². The zero-order valence-electron chi connectivity index (χ0n) is 11.2. The molecule has 1 N–H and O–H groups in total. The zero-order chi connectivity index (χ0) is 13.0. The molecule has 0 aliphatic heterocycles. The molecular weight excluding hydrogens is 224 g/mol. The maximum atomic E-state index is 4.40. The van der Waals surface area contributed by atoms with Gasteiger partial charge in [0.05, 0.1) is 12.0 Å². The van der Waals surface area contributed by atoms with Gasteiger partial charge < -0.3 is 9.88 Å². The first-order valence-corrected chi connectivity index (χ1v) is 6.17. The van der Waals surface area contributed by atoms with E-state index in [0.29, 0.717) is 0 Å². The molecule has 2 rings (SSSR count). The molecule has 0 spiro atoms. The fourth-order valence-corrected chi connectivity index (χ4v) is 1.64. The quantitative estimate of drug-likeness (QED) is 0.896. The van der Waals surface area contributed by atoms with E-state index in [9.17, 15) is 0 Å². The smallest absolute Gasteiger partial charge is 0.0953 e. The van der Waals surface area contributed by atoms with E-state index in [2.05, 4.69) is 46.8 Å². The summed E-state index contributed by atoms with van der Waals surface area (Å²) in [5.41, 5.74) is 2.42. The first kappa shape index (κ1) is 12.8. The molecule has 0 amide bonds. The Hall–Kier alpha value is -1.68. The molecule has 0 atom stereocenters. The lowest BCUT2D eigenvalue weighted by Crippen LogP contribution is -2.35. The Morgan fingerprint density at radius 2 is 1.94 bits per heavy atom. The van der Waals surface area contributed by atoms with Crippen molar-refractivity contribution >= 4 is 0 Å². The summed E-state index contributed by atoms with van der Waals surface area (Å²) >= 11 is 0. The van der Waals surface area contributed by atoms with Gasteiger partial charge >= 0.3 is 0 Å². The van der Waals surface area contributed by atoms with Gasteiger partial charge in [-0.2, -0.15) is 0 Å². The highest BCUT2D eigenvalue weighted by atomic mass is 15.1. The second-order valence-corrected chi connectivity index (χ2v) is 5.50. The molecule has 18 heavy (non-hydrogen) atoms. The molecule has 4 nitrogen and oxygen atoms in total. The van der Waals surface area contributed by atoms with Gasteiger partial charge in [-0.05, 0) is 38.5 Å². The summed E-state index contributed by atoms with van der Waals surface area (Å²) in [5, 5.41) is 3.43. The summed E-state index contributed by atoms with van der Waals surface area (Å²) in [6.45, 7) is 8.10. The zero-order valence-corrected chi connectivity index (χ0v) is 11.2. The minimum absolute atomic E-state index is 0.120. The number of rotatable bonds is 4. The number of imidazole rings is 1. The summed E-state index contributed by atoms with van der Waals surface area (Å²) < 4.78 is 2.09. The summed E-state index contributed by atoms with van der Waals surface area (Å²) in [7, 11) is 0. The largest absolute Gasteiger partial charge is 0.333 e. The molecule has 96 valence electrons.